The van der Waals surface area contributed by atoms with Crippen LogP contribution in [0.5, 0.6) is 0 Å². The van der Waals surface area contributed by atoms with E-state index in [1.54, 1.807) is 0 Å². The van der Waals surface area contributed by atoms with Gasteiger partial charge in [-0.05, 0) is 51.4 Å². The smallest absolute Gasteiger partial charge is 0.0656 e. The zero-order valence-corrected chi connectivity index (χ0v) is 18.9. The van der Waals surface area contributed by atoms with Crippen LogP contribution in [0.1, 0.15) is 38.3 Å². The summed E-state index contributed by atoms with van der Waals surface area (Å²) in [6.45, 7) is 7.15. The molecule has 0 bridgehead atoms. The molecule has 0 amide bonds. The van der Waals surface area contributed by atoms with E-state index in [2.05, 4.69) is 112 Å². The average Bonchev–Trinajstić information content (AvgIpc) is 3.00. The predicted molar refractivity (Wildman–Crippen MR) is 136 cm³/mol. The lowest BCUT2D eigenvalue weighted by Crippen LogP contribution is -2.40. The Kier molecular flexibility index (Phi) is 3.97. The number of fused-ring (bicyclic) bond motifs is 6. The van der Waals surface area contributed by atoms with Gasteiger partial charge in [0.15, 0.2) is 0 Å². The third kappa shape index (κ3) is 2.44. The van der Waals surface area contributed by atoms with E-state index in [0.717, 1.165) is 17.8 Å². The minimum Gasteiger partial charge on any atom is -0.283 e. The summed E-state index contributed by atoms with van der Waals surface area (Å²) in [4.78, 5) is 0. The molecule has 1 atom stereocenters. The summed E-state index contributed by atoms with van der Waals surface area (Å²) < 4.78 is 0. The first-order valence-electron chi connectivity index (χ1n) is 11.4. The Labute approximate surface area is 189 Å². The molecule has 2 N–H and O–H groups in total. The second-order valence-electron chi connectivity index (χ2n) is 9.95. The number of nitrogens with zero attached hydrogens (tertiary/aromatic N) is 1. The molecule has 4 aromatic rings. The zero-order chi connectivity index (χ0) is 22.1. The van der Waals surface area contributed by atoms with Gasteiger partial charge in [0.1, 0.15) is 0 Å². The summed E-state index contributed by atoms with van der Waals surface area (Å²) in [5.41, 5.74) is 6.47. The van der Waals surface area contributed by atoms with Crippen molar-refractivity contribution in [1.82, 2.24) is 0 Å². The molecule has 4 aromatic carbocycles. The third-order valence-electron chi connectivity index (χ3n) is 8.16. The number of rotatable bonds is 2. The quantitative estimate of drug-likeness (QED) is 0.210. The maximum atomic E-state index is 6.90. The second-order valence-corrected chi connectivity index (χ2v) is 9.95. The van der Waals surface area contributed by atoms with Gasteiger partial charge in [-0.3, -0.25) is 5.01 Å². The Balaban J connectivity index is 1.51. The standard InChI is InChI=1S/C30H28N2/c1-29(2)26-15-9-8-14-25(26)27-17-16-21(19-30(27,29)3)32(31)28-18-20-10-4-5-11-22(20)23-12-6-7-13-24(23)28/h4-18H,19,31H2,1-3H3. The van der Waals surface area contributed by atoms with Crippen molar-refractivity contribution in [2.75, 3.05) is 5.01 Å². The van der Waals surface area contributed by atoms with E-state index in [0.29, 0.717) is 0 Å². The van der Waals surface area contributed by atoms with E-state index in [-0.39, 0.29) is 10.8 Å². The first kappa shape index (κ1) is 19.3. The highest BCUT2D eigenvalue weighted by atomic mass is 15.4. The van der Waals surface area contributed by atoms with E-state index < -0.39 is 0 Å². The highest BCUT2D eigenvalue weighted by Crippen LogP contribution is 2.62. The number of hydrogen-bond donors (Lipinski definition) is 1. The molecule has 0 saturated carbocycles. The minimum atomic E-state index is -0.00889. The lowest BCUT2D eigenvalue weighted by atomic mass is 9.62. The summed E-state index contributed by atoms with van der Waals surface area (Å²) in [7, 11) is 0. The van der Waals surface area contributed by atoms with Crippen molar-refractivity contribution in [2.24, 2.45) is 11.3 Å². The van der Waals surface area contributed by atoms with Crippen LogP contribution in [-0.4, -0.2) is 0 Å². The Morgan fingerprint density at radius 1 is 0.750 bits per heavy atom. The first-order valence-corrected chi connectivity index (χ1v) is 11.4. The summed E-state index contributed by atoms with van der Waals surface area (Å²) in [6.07, 6.45) is 5.42. The molecule has 158 valence electrons. The number of nitrogens with two attached hydrogens (primary N) is 1. The number of hydrogen-bond acceptors (Lipinski definition) is 2. The molecule has 0 radical (unpaired) electrons. The Morgan fingerprint density at radius 2 is 1.41 bits per heavy atom. The van der Waals surface area contributed by atoms with Crippen LogP contribution in [0.4, 0.5) is 5.69 Å². The second kappa shape index (κ2) is 6.57. The largest absolute Gasteiger partial charge is 0.283 e. The van der Waals surface area contributed by atoms with Crippen molar-refractivity contribution in [3.63, 3.8) is 0 Å². The normalized spacial score (nSPS) is 21.1. The molecule has 0 fully saturated rings. The lowest BCUT2D eigenvalue weighted by molar-refractivity contribution is 0.263. The van der Waals surface area contributed by atoms with Crippen molar-refractivity contribution in [2.45, 2.75) is 32.6 Å². The van der Waals surface area contributed by atoms with Crippen molar-refractivity contribution in [3.05, 3.63) is 108 Å². The lowest BCUT2D eigenvalue weighted by Gasteiger charge is -2.43. The van der Waals surface area contributed by atoms with Gasteiger partial charge in [-0.1, -0.05) is 99.6 Å². The van der Waals surface area contributed by atoms with Crippen LogP contribution in [0.3, 0.4) is 0 Å². The SMILES string of the molecule is CC12CC(N(N)c3cc4ccccc4c4ccccc34)=CC=C1c1ccccc1C2(C)C. The Bertz CT molecular complexity index is 1460. The Morgan fingerprint density at radius 3 is 2.22 bits per heavy atom. The van der Waals surface area contributed by atoms with E-state index in [1.807, 2.05) is 5.01 Å². The predicted octanol–water partition coefficient (Wildman–Crippen LogP) is 7.34. The third-order valence-corrected chi connectivity index (χ3v) is 8.16. The molecule has 2 aliphatic carbocycles. The van der Waals surface area contributed by atoms with Crippen LogP contribution in [0.2, 0.25) is 0 Å². The number of anilines is 1. The van der Waals surface area contributed by atoms with Crippen LogP contribution in [0, 0.1) is 5.41 Å². The van der Waals surface area contributed by atoms with Gasteiger partial charge in [-0.25, -0.2) is 5.84 Å². The van der Waals surface area contributed by atoms with Crippen LogP contribution in [-0.2, 0) is 5.41 Å². The molecule has 2 heteroatoms. The summed E-state index contributed by atoms with van der Waals surface area (Å²) >= 11 is 0. The van der Waals surface area contributed by atoms with Gasteiger partial charge in [-0.2, -0.15) is 0 Å². The summed E-state index contributed by atoms with van der Waals surface area (Å²) in [6, 6.07) is 28.2. The van der Waals surface area contributed by atoms with Crippen molar-refractivity contribution in [1.29, 1.82) is 0 Å². The highest BCUT2D eigenvalue weighted by Gasteiger charge is 2.53. The van der Waals surface area contributed by atoms with Crippen LogP contribution in [0.25, 0.3) is 27.1 Å². The van der Waals surface area contributed by atoms with Gasteiger partial charge >= 0.3 is 0 Å². The zero-order valence-electron chi connectivity index (χ0n) is 18.9. The summed E-state index contributed by atoms with van der Waals surface area (Å²) in [5, 5.41) is 6.82. The number of allylic oxidation sites excluding steroid dienone is 4. The average molecular weight is 417 g/mol. The van der Waals surface area contributed by atoms with Gasteiger partial charge in [0.05, 0.1) is 5.69 Å². The fourth-order valence-electron chi connectivity index (χ4n) is 5.94. The maximum absolute atomic E-state index is 6.90. The number of benzene rings is 4. The first-order chi connectivity index (χ1) is 15.4. The van der Waals surface area contributed by atoms with Crippen LogP contribution < -0.4 is 10.9 Å². The Hall–Kier alpha value is -3.36. The topological polar surface area (TPSA) is 29.3 Å². The fraction of sp³-hybridized carbons (Fsp3) is 0.200. The van der Waals surface area contributed by atoms with Gasteiger partial charge in [-0.15, -0.1) is 0 Å². The molecule has 0 aromatic heterocycles. The van der Waals surface area contributed by atoms with Gasteiger partial charge < -0.3 is 0 Å². The van der Waals surface area contributed by atoms with Crippen LogP contribution in [0.15, 0.2) is 96.7 Å². The van der Waals surface area contributed by atoms with E-state index in [9.17, 15) is 0 Å². The van der Waals surface area contributed by atoms with E-state index in [4.69, 9.17) is 5.84 Å². The number of hydrazine groups is 1. The van der Waals surface area contributed by atoms with E-state index in [1.165, 1.54) is 38.2 Å². The van der Waals surface area contributed by atoms with Crippen LogP contribution >= 0.6 is 0 Å². The maximum Gasteiger partial charge on any atom is 0.0656 e. The monoisotopic (exact) mass is 416 g/mol. The van der Waals surface area contributed by atoms with Gasteiger partial charge in [0.2, 0.25) is 0 Å². The molecule has 0 spiro atoms. The molecule has 1 unspecified atom stereocenters. The molecule has 0 saturated heterocycles. The molecule has 2 nitrogen and oxygen atoms in total. The molecule has 2 aliphatic rings. The highest BCUT2D eigenvalue weighted by molar-refractivity contribution is 6.13. The van der Waals surface area contributed by atoms with Crippen molar-refractivity contribution >= 4 is 32.8 Å². The molecule has 0 heterocycles. The summed E-state index contributed by atoms with van der Waals surface area (Å²) in [5.74, 6) is 6.90. The van der Waals surface area contributed by atoms with Gasteiger partial charge in [0.25, 0.3) is 0 Å². The molecule has 6 rings (SSSR count). The molecular weight excluding hydrogens is 388 g/mol. The van der Waals surface area contributed by atoms with Crippen molar-refractivity contribution < 1.29 is 0 Å². The van der Waals surface area contributed by atoms with E-state index >= 15 is 0 Å². The molecular formula is C30H28N2. The van der Waals surface area contributed by atoms with Crippen molar-refractivity contribution in [3.8, 4) is 0 Å². The fourth-order valence-corrected chi connectivity index (χ4v) is 5.94. The van der Waals surface area contributed by atoms with Gasteiger partial charge in [0, 0.05) is 21.9 Å². The minimum absolute atomic E-state index is 0.00889. The molecule has 32 heavy (non-hydrogen) atoms. The molecule has 0 aliphatic heterocycles.